The predicted octanol–water partition coefficient (Wildman–Crippen LogP) is 2.93. The van der Waals surface area contributed by atoms with Crippen molar-refractivity contribution in [3.05, 3.63) is 45.9 Å². The van der Waals surface area contributed by atoms with E-state index in [-0.39, 0.29) is 24.2 Å². The van der Waals surface area contributed by atoms with E-state index in [4.69, 9.17) is 0 Å². The fourth-order valence-corrected chi connectivity index (χ4v) is 3.11. The molecule has 8 heteroatoms. The lowest BCUT2D eigenvalue weighted by Crippen LogP contribution is -2.38. The summed E-state index contributed by atoms with van der Waals surface area (Å²) < 4.78 is 16.1. The van der Waals surface area contributed by atoms with Gasteiger partial charge in [-0.25, -0.2) is 9.07 Å². The average Bonchev–Trinajstić information content (AvgIpc) is 2.93. The summed E-state index contributed by atoms with van der Waals surface area (Å²) in [6.45, 7) is 1.58. The number of thioether (sulfide) groups is 1. The number of aliphatic hydroxyl groups is 1. The third kappa shape index (κ3) is 4.37. The number of hydrogen-bond donors (Lipinski definition) is 2. The second-order valence-electron chi connectivity index (χ2n) is 5.29. The number of carbonyl (C=O) groups is 1. The predicted molar refractivity (Wildman–Crippen MR) is 97.3 cm³/mol. The maximum atomic E-state index is 14.1. The number of hydrogen-bond acceptors (Lipinski definition) is 4. The molecule has 24 heavy (non-hydrogen) atoms. The summed E-state index contributed by atoms with van der Waals surface area (Å²) in [6.07, 6.45) is 4.06. The van der Waals surface area contributed by atoms with Crippen molar-refractivity contribution in [2.75, 3.05) is 18.6 Å². The highest BCUT2D eigenvalue weighted by molar-refractivity contribution is 9.10. The van der Waals surface area contributed by atoms with Crippen LogP contribution in [0, 0.1) is 12.7 Å². The third-order valence-corrected chi connectivity index (χ3v) is 4.76. The lowest BCUT2D eigenvalue weighted by Gasteiger charge is -2.15. The first-order valence-electron chi connectivity index (χ1n) is 7.38. The zero-order chi connectivity index (χ0) is 17.7. The van der Waals surface area contributed by atoms with Crippen molar-refractivity contribution in [2.24, 2.45) is 0 Å². The Kier molecular flexibility index (Phi) is 6.82. The van der Waals surface area contributed by atoms with E-state index in [1.165, 1.54) is 16.9 Å². The molecule has 2 N–H and O–H groups in total. The number of nitrogens with zero attached hydrogens (tertiary/aromatic N) is 2. The van der Waals surface area contributed by atoms with Gasteiger partial charge in [-0.3, -0.25) is 4.79 Å². The van der Waals surface area contributed by atoms with Crippen LogP contribution in [0.25, 0.3) is 5.69 Å². The van der Waals surface area contributed by atoms with Crippen molar-refractivity contribution in [3.8, 4) is 5.69 Å². The summed E-state index contributed by atoms with van der Waals surface area (Å²) in [5.41, 5.74) is 1.17. The van der Waals surface area contributed by atoms with Gasteiger partial charge in [-0.15, -0.1) is 0 Å². The van der Waals surface area contributed by atoms with E-state index in [2.05, 4.69) is 26.3 Å². The van der Waals surface area contributed by atoms with Crippen LogP contribution in [0.2, 0.25) is 0 Å². The summed E-state index contributed by atoms with van der Waals surface area (Å²) in [4.78, 5) is 12.4. The molecule has 1 atom stereocenters. The standard InChI is InChI=1S/C16H19BrFN3O2S/c1-10-13(16(23)20-12(9-22)5-6-24-2)8-19-21(10)15-4-3-11(17)7-14(15)18/h3-4,7-8,12,22H,5-6,9H2,1-2H3,(H,20,23)/t12-/m1/s1. The van der Waals surface area contributed by atoms with Crippen LogP contribution in [0.4, 0.5) is 4.39 Å². The molecule has 1 aromatic carbocycles. The van der Waals surface area contributed by atoms with Gasteiger partial charge in [0.2, 0.25) is 0 Å². The molecule has 0 aliphatic heterocycles. The van der Waals surface area contributed by atoms with Gasteiger partial charge in [0.25, 0.3) is 5.91 Å². The Morgan fingerprint density at radius 3 is 2.92 bits per heavy atom. The number of aromatic nitrogens is 2. The molecule has 5 nitrogen and oxygen atoms in total. The van der Waals surface area contributed by atoms with Gasteiger partial charge in [-0.1, -0.05) is 15.9 Å². The monoisotopic (exact) mass is 415 g/mol. The number of carbonyl (C=O) groups excluding carboxylic acids is 1. The van der Waals surface area contributed by atoms with Crippen LogP contribution in [-0.2, 0) is 0 Å². The fourth-order valence-electron chi connectivity index (χ4n) is 2.26. The smallest absolute Gasteiger partial charge is 0.255 e. The summed E-state index contributed by atoms with van der Waals surface area (Å²) >= 11 is 4.86. The number of aliphatic hydroxyl groups excluding tert-OH is 1. The van der Waals surface area contributed by atoms with Gasteiger partial charge in [0.1, 0.15) is 11.5 Å². The zero-order valence-corrected chi connectivity index (χ0v) is 15.8. The second-order valence-corrected chi connectivity index (χ2v) is 7.19. The quantitative estimate of drug-likeness (QED) is 0.729. The summed E-state index contributed by atoms with van der Waals surface area (Å²) in [6, 6.07) is 4.34. The van der Waals surface area contributed by atoms with Gasteiger partial charge in [0.15, 0.2) is 0 Å². The summed E-state index contributed by atoms with van der Waals surface area (Å²) in [7, 11) is 0. The maximum Gasteiger partial charge on any atom is 0.255 e. The Hall–Kier alpha value is -1.38. The lowest BCUT2D eigenvalue weighted by molar-refractivity contribution is 0.0914. The molecule has 1 heterocycles. The van der Waals surface area contributed by atoms with Crippen molar-refractivity contribution < 1.29 is 14.3 Å². The number of nitrogens with one attached hydrogen (secondary N) is 1. The molecule has 0 aliphatic rings. The first-order valence-corrected chi connectivity index (χ1v) is 9.57. The molecular weight excluding hydrogens is 397 g/mol. The van der Waals surface area contributed by atoms with Gasteiger partial charge in [-0.05, 0) is 43.6 Å². The van der Waals surface area contributed by atoms with Gasteiger partial charge in [0.05, 0.1) is 30.1 Å². The van der Waals surface area contributed by atoms with E-state index in [0.29, 0.717) is 22.2 Å². The van der Waals surface area contributed by atoms with Gasteiger partial charge >= 0.3 is 0 Å². The minimum absolute atomic E-state index is 0.124. The van der Waals surface area contributed by atoms with Crippen molar-refractivity contribution in [3.63, 3.8) is 0 Å². The van der Waals surface area contributed by atoms with E-state index >= 15 is 0 Å². The van der Waals surface area contributed by atoms with Crippen LogP contribution in [-0.4, -0.2) is 45.5 Å². The van der Waals surface area contributed by atoms with Crippen LogP contribution < -0.4 is 5.32 Å². The highest BCUT2D eigenvalue weighted by Crippen LogP contribution is 2.21. The van der Waals surface area contributed by atoms with Crippen LogP contribution in [0.5, 0.6) is 0 Å². The summed E-state index contributed by atoms with van der Waals surface area (Å²) in [5, 5.41) is 16.3. The molecule has 130 valence electrons. The number of halogens is 2. The van der Waals surface area contributed by atoms with Gasteiger partial charge in [-0.2, -0.15) is 16.9 Å². The van der Waals surface area contributed by atoms with Crippen LogP contribution in [0.15, 0.2) is 28.9 Å². The van der Waals surface area contributed by atoms with Gasteiger partial charge < -0.3 is 10.4 Å². The van der Waals surface area contributed by atoms with Gasteiger partial charge in [0, 0.05) is 4.47 Å². The van der Waals surface area contributed by atoms with Crippen LogP contribution in [0.3, 0.4) is 0 Å². The molecule has 1 aromatic heterocycles. The average molecular weight is 416 g/mol. The molecule has 0 spiro atoms. The molecule has 0 fully saturated rings. The molecule has 0 saturated heterocycles. The molecule has 2 rings (SSSR count). The highest BCUT2D eigenvalue weighted by Gasteiger charge is 2.19. The fraction of sp³-hybridized carbons (Fsp3) is 0.375. The van der Waals surface area contributed by atoms with Crippen molar-refractivity contribution >= 4 is 33.6 Å². The molecule has 0 aliphatic carbocycles. The SMILES string of the molecule is CSCC[C@H](CO)NC(=O)c1cnn(-c2ccc(Br)cc2F)c1C. The van der Waals surface area contributed by atoms with E-state index in [9.17, 15) is 14.3 Å². The first kappa shape index (κ1) is 19.0. The Labute approximate surface area is 152 Å². The molecular formula is C16H19BrFN3O2S. The Bertz CT molecular complexity index is 723. The topological polar surface area (TPSA) is 67.2 Å². The van der Waals surface area contributed by atoms with E-state index in [1.807, 2.05) is 6.26 Å². The molecule has 0 saturated carbocycles. The summed E-state index contributed by atoms with van der Waals surface area (Å²) in [5.74, 6) is 0.0839. The number of rotatable bonds is 7. The highest BCUT2D eigenvalue weighted by atomic mass is 79.9. The maximum absolute atomic E-state index is 14.1. The zero-order valence-electron chi connectivity index (χ0n) is 13.4. The Morgan fingerprint density at radius 2 is 2.29 bits per heavy atom. The second kappa shape index (κ2) is 8.64. The minimum atomic E-state index is -0.435. The van der Waals surface area contributed by atoms with E-state index in [1.54, 1.807) is 30.8 Å². The minimum Gasteiger partial charge on any atom is -0.394 e. The first-order chi connectivity index (χ1) is 11.5. The van der Waals surface area contributed by atoms with E-state index < -0.39 is 5.82 Å². The molecule has 0 unspecified atom stereocenters. The largest absolute Gasteiger partial charge is 0.394 e. The number of amides is 1. The van der Waals surface area contributed by atoms with Crippen molar-refractivity contribution in [1.82, 2.24) is 15.1 Å². The molecule has 0 bridgehead atoms. The molecule has 1 amide bonds. The number of benzene rings is 1. The normalized spacial score (nSPS) is 12.2. The Morgan fingerprint density at radius 1 is 1.54 bits per heavy atom. The van der Waals surface area contributed by atoms with Crippen molar-refractivity contribution in [1.29, 1.82) is 0 Å². The third-order valence-electron chi connectivity index (χ3n) is 3.62. The van der Waals surface area contributed by atoms with E-state index in [0.717, 1.165) is 5.75 Å². The van der Waals surface area contributed by atoms with Crippen molar-refractivity contribution in [2.45, 2.75) is 19.4 Å². The Balaban J connectivity index is 2.21. The lowest BCUT2D eigenvalue weighted by atomic mass is 10.2. The van der Waals surface area contributed by atoms with Crippen LogP contribution >= 0.6 is 27.7 Å². The molecule has 0 radical (unpaired) electrons. The molecule has 2 aromatic rings. The van der Waals surface area contributed by atoms with Crippen LogP contribution in [0.1, 0.15) is 22.5 Å².